The maximum Gasteiger partial charge on any atom is 0.0839 e. The first-order chi connectivity index (χ1) is 5.86. The molecule has 70 valence electrons. The Labute approximate surface area is 74.2 Å². The lowest BCUT2D eigenvalue weighted by atomic mass is 9.94. The van der Waals surface area contributed by atoms with E-state index in [2.05, 4.69) is 6.92 Å². The molecule has 12 heavy (non-hydrogen) atoms. The summed E-state index contributed by atoms with van der Waals surface area (Å²) in [7, 11) is 0. The van der Waals surface area contributed by atoms with Crippen LogP contribution in [-0.2, 0) is 9.47 Å². The monoisotopic (exact) mass is 170 g/mol. The molecule has 0 saturated carbocycles. The number of rotatable bonds is 1. The highest BCUT2D eigenvalue weighted by Gasteiger charge is 2.30. The Kier molecular flexibility index (Phi) is 2.66. The first-order valence-corrected chi connectivity index (χ1v) is 5.09. The highest BCUT2D eigenvalue weighted by molar-refractivity contribution is 4.79. The summed E-state index contributed by atoms with van der Waals surface area (Å²) < 4.78 is 11.3. The van der Waals surface area contributed by atoms with Crippen molar-refractivity contribution in [2.45, 2.75) is 44.8 Å². The largest absolute Gasteiger partial charge is 0.376 e. The Hall–Kier alpha value is -0.0800. The molecule has 2 aliphatic rings. The van der Waals surface area contributed by atoms with Crippen molar-refractivity contribution < 1.29 is 9.47 Å². The van der Waals surface area contributed by atoms with E-state index in [0.29, 0.717) is 12.2 Å². The predicted molar refractivity (Wildman–Crippen MR) is 47.1 cm³/mol. The fraction of sp³-hybridized carbons (Fsp3) is 1.00. The third kappa shape index (κ3) is 1.80. The summed E-state index contributed by atoms with van der Waals surface area (Å²) in [6.45, 7) is 4.19. The van der Waals surface area contributed by atoms with E-state index in [1.165, 1.54) is 25.7 Å². The van der Waals surface area contributed by atoms with E-state index in [-0.39, 0.29) is 0 Å². The zero-order chi connectivity index (χ0) is 8.39. The first kappa shape index (κ1) is 8.52. The number of hydrogen-bond donors (Lipinski definition) is 0. The molecule has 2 aliphatic heterocycles. The van der Waals surface area contributed by atoms with Crippen molar-refractivity contribution in [2.75, 3.05) is 13.2 Å². The summed E-state index contributed by atoms with van der Waals surface area (Å²) in [4.78, 5) is 0. The van der Waals surface area contributed by atoms with E-state index >= 15 is 0 Å². The molecule has 3 atom stereocenters. The van der Waals surface area contributed by atoms with Crippen LogP contribution in [0.15, 0.2) is 0 Å². The van der Waals surface area contributed by atoms with Gasteiger partial charge in [-0.25, -0.2) is 0 Å². The molecule has 0 aromatic carbocycles. The average molecular weight is 170 g/mol. The van der Waals surface area contributed by atoms with Crippen molar-refractivity contribution in [1.29, 1.82) is 0 Å². The van der Waals surface area contributed by atoms with Crippen LogP contribution in [0.5, 0.6) is 0 Å². The molecular weight excluding hydrogens is 152 g/mol. The van der Waals surface area contributed by atoms with Gasteiger partial charge in [0, 0.05) is 13.2 Å². The Morgan fingerprint density at radius 2 is 1.83 bits per heavy atom. The summed E-state index contributed by atoms with van der Waals surface area (Å²) in [5.74, 6) is 0.827. The van der Waals surface area contributed by atoms with Gasteiger partial charge >= 0.3 is 0 Å². The second-order valence-corrected chi connectivity index (χ2v) is 4.09. The fourth-order valence-corrected chi connectivity index (χ4v) is 2.16. The summed E-state index contributed by atoms with van der Waals surface area (Å²) in [6, 6.07) is 0. The third-order valence-corrected chi connectivity index (χ3v) is 2.96. The standard InChI is InChI=1S/C10H18O2/c1-8-4-6-12-10(7-8)9-3-2-5-11-9/h8-10H,2-7H2,1H3/t8-,9-,10+/m0/s1. The smallest absolute Gasteiger partial charge is 0.0839 e. The zero-order valence-electron chi connectivity index (χ0n) is 7.79. The normalized spacial score (nSPS) is 43.2. The van der Waals surface area contributed by atoms with Gasteiger partial charge in [-0.05, 0) is 31.6 Å². The Bertz CT molecular complexity index is 141. The highest BCUT2D eigenvalue weighted by atomic mass is 16.5. The maximum absolute atomic E-state index is 5.71. The molecule has 2 heterocycles. The SMILES string of the molecule is C[C@H]1CCO[C@@H]([C@@H]2CCCO2)C1. The van der Waals surface area contributed by atoms with Crippen LogP contribution in [0.25, 0.3) is 0 Å². The topological polar surface area (TPSA) is 18.5 Å². The van der Waals surface area contributed by atoms with Crippen LogP contribution in [0.4, 0.5) is 0 Å². The van der Waals surface area contributed by atoms with Crippen molar-refractivity contribution in [3.8, 4) is 0 Å². The summed E-state index contributed by atoms with van der Waals surface area (Å²) >= 11 is 0. The molecule has 0 aliphatic carbocycles. The molecule has 2 nitrogen and oxygen atoms in total. The molecule has 0 bridgehead atoms. The summed E-state index contributed by atoms with van der Waals surface area (Å²) in [5, 5.41) is 0. The summed E-state index contributed by atoms with van der Waals surface area (Å²) in [6.07, 6.45) is 5.66. The van der Waals surface area contributed by atoms with E-state index in [4.69, 9.17) is 9.47 Å². The number of ether oxygens (including phenoxy) is 2. The average Bonchev–Trinajstić information content (AvgIpc) is 2.56. The third-order valence-electron chi connectivity index (χ3n) is 2.96. The van der Waals surface area contributed by atoms with Gasteiger partial charge in [-0.2, -0.15) is 0 Å². The highest BCUT2D eigenvalue weighted by Crippen LogP contribution is 2.27. The van der Waals surface area contributed by atoms with Gasteiger partial charge in [-0.15, -0.1) is 0 Å². The van der Waals surface area contributed by atoms with Gasteiger partial charge < -0.3 is 9.47 Å². The molecule has 0 unspecified atom stereocenters. The van der Waals surface area contributed by atoms with Crippen molar-refractivity contribution in [2.24, 2.45) is 5.92 Å². The molecule has 0 aromatic heterocycles. The van der Waals surface area contributed by atoms with Crippen molar-refractivity contribution >= 4 is 0 Å². The Morgan fingerprint density at radius 3 is 2.50 bits per heavy atom. The van der Waals surface area contributed by atoms with Gasteiger partial charge in [0.25, 0.3) is 0 Å². The van der Waals surface area contributed by atoms with Crippen LogP contribution < -0.4 is 0 Å². The minimum Gasteiger partial charge on any atom is -0.376 e. The van der Waals surface area contributed by atoms with E-state index in [0.717, 1.165) is 19.1 Å². The Balaban J connectivity index is 1.85. The molecule has 0 amide bonds. The molecule has 2 saturated heterocycles. The quantitative estimate of drug-likeness (QED) is 0.599. The molecule has 0 spiro atoms. The second-order valence-electron chi connectivity index (χ2n) is 4.09. The lowest BCUT2D eigenvalue weighted by Gasteiger charge is -2.30. The first-order valence-electron chi connectivity index (χ1n) is 5.09. The maximum atomic E-state index is 5.71. The molecule has 0 radical (unpaired) electrons. The van der Waals surface area contributed by atoms with Crippen LogP contribution in [0.3, 0.4) is 0 Å². The Morgan fingerprint density at radius 1 is 1.00 bits per heavy atom. The van der Waals surface area contributed by atoms with E-state index in [1.807, 2.05) is 0 Å². The van der Waals surface area contributed by atoms with Crippen LogP contribution >= 0.6 is 0 Å². The molecule has 0 aromatic rings. The number of hydrogen-bond acceptors (Lipinski definition) is 2. The summed E-state index contributed by atoms with van der Waals surface area (Å²) in [5.41, 5.74) is 0. The molecule has 2 fully saturated rings. The van der Waals surface area contributed by atoms with Gasteiger partial charge in [-0.3, -0.25) is 0 Å². The predicted octanol–water partition coefficient (Wildman–Crippen LogP) is 1.98. The van der Waals surface area contributed by atoms with E-state index in [1.54, 1.807) is 0 Å². The fourth-order valence-electron chi connectivity index (χ4n) is 2.16. The molecule has 0 N–H and O–H groups in total. The second kappa shape index (κ2) is 3.75. The van der Waals surface area contributed by atoms with Crippen LogP contribution in [0.1, 0.15) is 32.6 Å². The van der Waals surface area contributed by atoms with Gasteiger partial charge in [0.15, 0.2) is 0 Å². The zero-order valence-corrected chi connectivity index (χ0v) is 7.79. The van der Waals surface area contributed by atoms with Crippen molar-refractivity contribution in [3.63, 3.8) is 0 Å². The lowest BCUT2D eigenvalue weighted by Crippen LogP contribution is -2.34. The van der Waals surface area contributed by atoms with Crippen LogP contribution in [-0.4, -0.2) is 25.4 Å². The lowest BCUT2D eigenvalue weighted by molar-refractivity contribution is -0.0824. The molecular formula is C10H18O2. The van der Waals surface area contributed by atoms with Crippen LogP contribution in [0.2, 0.25) is 0 Å². The van der Waals surface area contributed by atoms with E-state index in [9.17, 15) is 0 Å². The van der Waals surface area contributed by atoms with Gasteiger partial charge in [0.1, 0.15) is 0 Å². The molecule has 2 heteroatoms. The minimum atomic E-state index is 0.399. The van der Waals surface area contributed by atoms with Crippen LogP contribution in [0, 0.1) is 5.92 Å². The minimum absolute atomic E-state index is 0.399. The van der Waals surface area contributed by atoms with Gasteiger partial charge in [-0.1, -0.05) is 6.92 Å². The van der Waals surface area contributed by atoms with Crippen molar-refractivity contribution in [3.05, 3.63) is 0 Å². The van der Waals surface area contributed by atoms with Gasteiger partial charge in [0.2, 0.25) is 0 Å². The van der Waals surface area contributed by atoms with E-state index < -0.39 is 0 Å². The van der Waals surface area contributed by atoms with Gasteiger partial charge in [0.05, 0.1) is 12.2 Å². The van der Waals surface area contributed by atoms with Crippen molar-refractivity contribution in [1.82, 2.24) is 0 Å². The molecule has 2 rings (SSSR count).